The summed E-state index contributed by atoms with van der Waals surface area (Å²) in [5.74, 6) is 0.926. The molecule has 0 aliphatic rings. The molecule has 1 aromatic carbocycles. The summed E-state index contributed by atoms with van der Waals surface area (Å²) in [5, 5.41) is 0. The molecule has 4 heteroatoms. The summed E-state index contributed by atoms with van der Waals surface area (Å²) in [7, 11) is 1.67. The molecule has 1 heterocycles. The number of nitrogens with zero attached hydrogens (tertiary/aromatic N) is 1. The van der Waals surface area contributed by atoms with Gasteiger partial charge in [-0.05, 0) is 37.1 Å². The lowest BCUT2D eigenvalue weighted by Gasteiger charge is -2.15. The molecule has 0 aliphatic heterocycles. The number of ether oxygens (including phenoxy) is 1. The van der Waals surface area contributed by atoms with Gasteiger partial charge in [0.15, 0.2) is 5.78 Å². The molecule has 0 bridgehead atoms. The Morgan fingerprint density at radius 2 is 1.86 bits per heavy atom. The summed E-state index contributed by atoms with van der Waals surface area (Å²) in [4.78, 5) is 23.8. The van der Waals surface area contributed by atoms with Gasteiger partial charge in [0.1, 0.15) is 5.75 Å². The second-order valence-corrected chi connectivity index (χ2v) is 5.75. The van der Waals surface area contributed by atoms with Crippen molar-refractivity contribution in [3.05, 3.63) is 52.3 Å². The van der Waals surface area contributed by atoms with Crippen LogP contribution in [0.15, 0.2) is 41.2 Å². The van der Waals surface area contributed by atoms with E-state index in [4.69, 9.17) is 4.74 Å². The lowest BCUT2D eigenvalue weighted by molar-refractivity contribution is 0.101. The van der Waals surface area contributed by atoms with E-state index in [2.05, 4.69) is 13.8 Å². The zero-order valence-electron chi connectivity index (χ0n) is 13.4. The topological polar surface area (TPSA) is 48.3 Å². The Balaban J connectivity index is 2.51. The third-order valence-electron chi connectivity index (χ3n) is 3.42. The van der Waals surface area contributed by atoms with Crippen LogP contribution in [0.5, 0.6) is 5.75 Å². The highest BCUT2D eigenvalue weighted by Gasteiger charge is 2.13. The molecule has 0 radical (unpaired) electrons. The quantitative estimate of drug-likeness (QED) is 0.796. The number of Topliss-reactive ketones (excluding diaryl/α,β-unsaturated/α-hetero) is 1. The average molecular weight is 299 g/mol. The van der Waals surface area contributed by atoms with Crippen LogP contribution in [0.4, 0.5) is 0 Å². The van der Waals surface area contributed by atoms with Crippen molar-refractivity contribution in [2.24, 2.45) is 13.0 Å². The van der Waals surface area contributed by atoms with Gasteiger partial charge >= 0.3 is 0 Å². The number of hydrogen-bond acceptors (Lipinski definition) is 3. The molecular formula is C18H21NO3. The first-order chi connectivity index (χ1) is 10.4. The lowest BCUT2D eigenvalue weighted by atomic mass is 10.1. The molecule has 0 atom stereocenters. The first kappa shape index (κ1) is 16.0. The first-order valence-electron chi connectivity index (χ1n) is 7.35. The first-order valence-corrected chi connectivity index (χ1v) is 7.35. The Morgan fingerprint density at radius 1 is 1.18 bits per heavy atom. The number of para-hydroxylation sites is 1. The van der Waals surface area contributed by atoms with Gasteiger partial charge in [0, 0.05) is 12.6 Å². The third kappa shape index (κ3) is 3.27. The minimum Gasteiger partial charge on any atom is -0.493 e. The van der Waals surface area contributed by atoms with Crippen molar-refractivity contribution in [1.82, 2.24) is 4.57 Å². The van der Waals surface area contributed by atoms with E-state index < -0.39 is 0 Å². The molecule has 0 amide bonds. The molecule has 116 valence electrons. The van der Waals surface area contributed by atoms with E-state index >= 15 is 0 Å². The monoisotopic (exact) mass is 299 g/mol. The smallest absolute Gasteiger partial charge is 0.261 e. The summed E-state index contributed by atoms with van der Waals surface area (Å²) in [6.07, 6.45) is 0. The van der Waals surface area contributed by atoms with Crippen molar-refractivity contribution in [3.8, 4) is 17.0 Å². The zero-order chi connectivity index (χ0) is 16.3. The Hall–Kier alpha value is -2.36. The Morgan fingerprint density at radius 3 is 2.50 bits per heavy atom. The van der Waals surface area contributed by atoms with Gasteiger partial charge in [-0.1, -0.05) is 26.0 Å². The summed E-state index contributed by atoms with van der Waals surface area (Å²) < 4.78 is 7.34. The molecule has 0 saturated carbocycles. The summed E-state index contributed by atoms with van der Waals surface area (Å²) >= 11 is 0. The summed E-state index contributed by atoms with van der Waals surface area (Å²) in [5.41, 5.74) is 1.49. The lowest BCUT2D eigenvalue weighted by Crippen LogP contribution is -2.24. The Labute approximate surface area is 130 Å². The van der Waals surface area contributed by atoms with E-state index in [0.29, 0.717) is 12.5 Å². The van der Waals surface area contributed by atoms with E-state index in [1.54, 1.807) is 19.2 Å². The molecule has 0 spiro atoms. The molecule has 0 N–H and O–H groups in total. The highest BCUT2D eigenvalue weighted by Crippen LogP contribution is 2.29. The Bertz CT molecular complexity index is 744. The van der Waals surface area contributed by atoms with E-state index in [1.807, 2.05) is 24.3 Å². The van der Waals surface area contributed by atoms with Gasteiger partial charge in [-0.2, -0.15) is 0 Å². The molecule has 2 rings (SSSR count). The second kappa shape index (κ2) is 6.60. The van der Waals surface area contributed by atoms with Gasteiger partial charge in [0.05, 0.1) is 17.9 Å². The molecule has 0 aliphatic carbocycles. The van der Waals surface area contributed by atoms with Crippen LogP contribution in [0, 0.1) is 5.92 Å². The summed E-state index contributed by atoms with van der Waals surface area (Å²) in [6.45, 7) is 6.17. The number of pyridine rings is 1. The number of aromatic nitrogens is 1. The van der Waals surface area contributed by atoms with Crippen molar-refractivity contribution in [3.63, 3.8) is 0 Å². The van der Waals surface area contributed by atoms with Gasteiger partial charge < -0.3 is 9.30 Å². The van der Waals surface area contributed by atoms with Crippen LogP contribution in [0.2, 0.25) is 0 Å². The minimum absolute atomic E-state index is 0.201. The number of carbonyl (C=O) groups is 1. The predicted molar refractivity (Wildman–Crippen MR) is 87.5 cm³/mol. The van der Waals surface area contributed by atoms with Gasteiger partial charge in [0.2, 0.25) is 0 Å². The predicted octanol–water partition coefficient (Wildman–Crippen LogP) is 3.29. The molecular weight excluding hydrogens is 278 g/mol. The summed E-state index contributed by atoms with van der Waals surface area (Å²) in [6, 6.07) is 11.0. The van der Waals surface area contributed by atoms with Crippen LogP contribution in [-0.2, 0) is 7.05 Å². The fraction of sp³-hybridized carbons (Fsp3) is 0.333. The fourth-order valence-corrected chi connectivity index (χ4v) is 2.23. The molecule has 0 fully saturated rings. The fourth-order valence-electron chi connectivity index (χ4n) is 2.23. The van der Waals surface area contributed by atoms with E-state index in [9.17, 15) is 9.59 Å². The Kier molecular flexibility index (Phi) is 4.81. The number of carbonyl (C=O) groups excluding carboxylic acids is 1. The maximum absolute atomic E-state index is 12.3. The molecule has 2 aromatic rings. The minimum atomic E-state index is -0.288. The normalized spacial score (nSPS) is 10.8. The van der Waals surface area contributed by atoms with Crippen LogP contribution in [-0.4, -0.2) is 17.0 Å². The highest BCUT2D eigenvalue weighted by molar-refractivity contribution is 5.94. The molecule has 0 unspecified atom stereocenters. The van der Waals surface area contributed by atoms with Crippen LogP contribution in [0.1, 0.15) is 31.1 Å². The van der Waals surface area contributed by atoms with E-state index in [-0.39, 0.29) is 16.9 Å². The second-order valence-electron chi connectivity index (χ2n) is 5.75. The van der Waals surface area contributed by atoms with Crippen molar-refractivity contribution in [2.45, 2.75) is 20.8 Å². The maximum Gasteiger partial charge on any atom is 0.261 e. The van der Waals surface area contributed by atoms with Gasteiger partial charge in [-0.15, -0.1) is 0 Å². The largest absolute Gasteiger partial charge is 0.493 e. The van der Waals surface area contributed by atoms with Crippen LogP contribution in [0.3, 0.4) is 0 Å². The number of benzene rings is 1. The van der Waals surface area contributed by atoms with Crippen molar-refractivity contribution in [2.75, 3.05) is 6.61 Å². The number of ketones is 1. The van der Waals surface area contributed by atoms with Crippen LogP contribution < -0.4 is 10.3 Å². The SMILES string of the molecule is CC(=O)c1ccc(-c2ccccc2OCC(C)C)n(C)c1=O. The maximum atomic E-state index is 12.3. The third-order valence-corrected chi connectivity index (χ3v) is 3.42. The average Bonchev–Trinajstić information content (AvgIpc) is 2.48. The highest BCUT2D eigenvalue weighted by atomic mass is 16.5. The molecule has 0 saturated heterocycles. The van der Waals surface area contributed by atoms with E-state index in [1.165, 1.54) is 11.5 Å². The van der Waals surface area contributed by atoms with Crippen LogP contribution in [0.25, 0.3) is 11.3 Å². The van der Waals surface area contributed by atoms with Crippen molar-refractivity contribution < 1.29 is 9.53 Å². The van der Waals surface area contributed by atoms with Gasteiger partial charge in [-0.3, -0.25) is 9.59 Å². The molecule has 1 aromatic heterocycles. The number of rotatable bonds is 5. The zero-order valence-corrected chi connectivity index (χ0v) is 13.4. The van der Waals surface area contributed by atoms with Crippen LogP contribution >= 0.6 is 0 Å². The number of hydrogen-bond donors (Lipinski definition) is 0. The molecule has 22 heavy (non-hydrogen) atoms. The van der Waals surface area contributed by atoms with Crippen molar-refractivity contribution >= 4 is 5.78 Å². The van der Waals surface area contributed by atoms with E-state index in [0.717, 1.165) is 17.0 Å². The molecule has 4 nitrogen and oxygen atoms in total. The van der Waals surface area contributed by atoms with Gasteiger partial charge in [-0.25, -0.2) is 0 Å². The van der Waals surface area contributed by atoms with Crippen molar-refractivity contribution in [1.29, 1.82) is 0 Å². The standard InChI is InChI=1S/C18H21NO3/c1-12(2)11-22-17-8-6-5-7-15(17)16-10-9-14(13(3)20)18(21)19(16)4/h5-10,12H,11H2,1-4H3. The van der Waals surface area contributed by atoms with Gasteiger partial charge in [0.25, 0.3) is 5.56 Å².